The third-order valence-corrected chi connectivity index (χ3v) is 3.96. The normalized spacial score (nSPS) is 14.9. The molecule has 27 heavy (non-hydrogen) atoms. The fourth-order valence-corrected chi connectivity index (χ4v) is 2.59. The van der Waals surface area contributed by atoms with E-state index in [2.05, 4.69) is 17.8 Å². The zero-order chi connectivity index (χ0) is 19.1. The van der Waals surface area contributed by atoms with Crippen molar-refractivity contribution < 1.29 is 23.8 Å². The molecule has 1 aliphatic heterocycles. The number of hydrogen-bond donors (Lipinski definition) is 2. The van der Waals surface area contributed by atoms with E-state index in [1.807, 2.05) is 30.3 Å². The van der Waals surface area contributed by atoms with Crippen molar-refractivity contribution >= 4 is 11.8 Å². The van der Waals surface area contributed by atoms with Crippen LogP contribution in [0, 0.1) is 0 Å². The molecule has 1 heterocycles. The quantitative estimate of drug-likeness (QED) is 0.760. The van der Waals surface area contributed by atoms with Gasteiger partial charge in [0.2, 0.25) is 6.10 Å². The number of rotatable bonds is 6. The number of carbonyl (C=O) groups excluding carboxylic acids is 2. The molecule has 3 rings (SSSR count). The summed E-state index contributed by atoms with van der Waals surface area (Å²) in [4.78, 5) is 24.0. The standard InChI is InChI=1S/C20H22N2O5/c1-2-5-14-8-10-15(11-9-14)25-13-19(23)21-22-20(24)18-12-26-16-6-3-4-7-17(16)27-18/h3-4,6-11,18H,2,5,12-13H2,1H3,(H,21,23)(H,22,24)/t18-/m0/s1. The monoisotopic (exact) mass is 370 g/mol. The Morgan fingerprint density at radius 3 is 2.56 bits per heavy atom. The highest BCUT2D eigenvalue weighted by Gasteiger charge is 2.27. The number of amides is 2. The lowest BCUT2D eigenvalue weighted by atomic mass is 10.1. The van der Waals surface area contributed by atoms with Crippen molar-refractivity contribution in [1.29, 1.82) is 0 Å². The Morgan fingerprint density at radius 2 is 1.81 bits per heavy atom. The van der Waals surface area contributed by atoms with E-state index in [0.717, 1.165) is 12.8 Å². The summed E-state index contributed by atoms with van der Waals surface area (Å²) in [6.45, 7) is 1.98. The molecule has 0 fully saturated rings. The van der Waals surface area contributed by atoms with Crippen LogP contribution in [0.4, 0.5) is 0 Å². The van der Waals surface area contributed by atoms with Crippen LogP contribution in [0.15, 0.2) is 48.5 Å². The molecule has 142 valence electrons. The molecule has 0 saturated carbocycles. The average Bonchev–Trinajstić information content (AvgIpc) is 2.71. The van der Waals surface area contributed by atoms with E-state index in [4.69, 9.17) is 14.2 Å². The van der Waals surface area contributed by atoms with Crippen LogP contribution in [0.1, 0.15) is 18.9 Å². The van der Waals surface area contributed by atoms with Gasteiger partial charge in [-0.15, -0.1) is 0 Å². The zero-order valence-electron chi connectivity index (χ0n) is 15.1. The molecule has 7 nitrogen and oxygen atoms in total. The number of fused-ring (bicyclic) bond motifs is 1. The van der Waals surface area contributed by atoms with Crippen LogP contribution in [-0.4, -0.2) is 31.1 Å². The van der Waals surface area contributed by atoms with Crippen LogP contribution in [0.3, 0.4) is 0 Å². The third kappa shape index (κ3) is 5.13. The Kier molecular flexibility index (Phi) is 6.14. The summed E-state index contributed by atoms with van der Waals surface area (Å²) in [6.07, 6.45) is 1.24. The zero-order valence-corrected chi connectivity index (χ0v) is 15.1. The summed E-state index contributed by atoms with van der Waals surface area (Å²) in [5, 5.41) is 0. The molecule has 2 N–H and O–H groups in total. The Hall–Kier alpha value is -3.22. The molecule has 0 aliphatic carbocycles. The van der Waals surface area contributed by atoms with Crippen LogP contribution in [0.25, 0.3) is 0 Å². The molecule has 2 aromatic carbocycles. The minimum atomic E-state index is -0.841. The van der Waals surface area contributed by atoms with E-state index in [0.29, 0.717) is 17.2 Å². The van der Waals surface area contributed by atoms with Gasteiger partial charge < -0.3 is 14.2 Å². The predicted octanol–water partition coefficient (Wildman–Crippen LogP) is 2.01. The second-order valence-corrected chi connectivity index (χ2v) is 6.08. The van der Waals surface area contributed by atoms with Crippen LogP contribution in [-0.2, 0) is 16.0 Å². The molecule has 2 aromatic rings. The summed E-state index contributed by atoms with van der Waals surface area (Å²) >= 11 is 0. The number of ether oxygens (including phenoxy) is 3. The van der Waals surface area contributed by atoms with E-state index in [-0.39, 0.29) is 13.2 Å². The van der Waals surface area contributed by atoms with Gasteiger partial charge in [-0.05, 0) is 36.2 Å². The van der Waals surface area contributed by atoms with Gasteiger partial charge in [-0.25, -0.2) is 0 Å². The fraction of sp³-hybridized carbons (Fsp3) is 0.300. The molecular formula is C20H22N2O5. The number of hydrazine groups is 1. The van der Waals surface area contributed by atoms with E-state index >= 15 is 0 Å². The van der Waals surface area contributed by atoms with Crippen molar-refractivity contribution in [1.82, 2.24) is 10.9 Å². The fourth-order valence-electron chi connectivity index (χ4n) is 2.59. The molecule has 1 atom stereocenters. The van der Waals surface area contributed by atoms with Gasteiger partial charge in [-0.3, -0.25) is 20.4 Å². The van der Waals surface area contributed by atoms with Crippen molar-refractivity contribution in [3.8, 4) is 17.2 Å². The molecule has 0 spiro atoms. The van der Waals surface area contributed by atoms with Gasteiger partial charge in [-0.1, -0.05) is 37.6 Å². The Labute approximate surface area is 157 Å². The van der Waals surface area contributed by atoms with Gasteiger partial charge in [0, 0.05) is 0 Å². The number of hydrogen-bond acceptors (Lipinski definition) is 5. The number of nitrogens with one attached hydrogen (secondary N) is 2. The lowest BCUT2D eigenvalue weighted by molar-refractivity contribution is -0.135. The predicted molar refractivity (Wildman–Crippen MR) is 98.6 cm³/mol. The third-order valence-electron chi connectivity index (χ3n) is 3.96. The summed E-state index contributed by atoms with van der Waals surface area (Å²) in [5.41, 5.74) is 5.85. The maximum Gasteiger partial charge on any atom is 0.283 e. The van der Waals surface area contributed by atoms with Gasteiger partial charge >= 0.3 is 0 Å². The van der Waals surface area contributed by atoms with E-state index in [1.54, 1.807) is 18.2 Å². The topological polar surface area (TPSA) is 85.9 Å². The highest BCUT2D eigenvalue weighted by Crippen LogP contribution is 2.30. The molecule has 0 radical (unpaired) electrons. The SMILES string of the molecule is CCCc1ccc(OCC(=O)NNC(=O)[C@@H]2COc3ccccc3O2)cc1. The maximum absolute atomic E-state index is 12.1. The van der Waals surface area contributed by atoms with Crippen molar-refractivity contribution in [2.45, 2.75) is 25.9 Å². The summed E-state index contributed by atoms with van der Waals surface area (Å²) in [6, 6.07) is 14.7. The van der Waals surface area contributed by atoms with Crippen LogP contribution >= 0.6 is 0 Å². The molecule has 0 aromatic heterocycles. The van der Waals surface area contributed by atoms with Crippen LogP contribution < -0.4 is 25.1 Å². The summed E-state index contributed by atoms with van der Waals surface area (Å²) in [5.74, 6) is 0.700. The largest absolute Gasteiger partial charge is 0.485 e. The molecule has 0 bridgehead atoms. The molecule has 2 amide bonds. The first kappa shape index (κ1) is 18.6. The van der Waals surface area contributed by atoms with Crippen molar-refractivity contribution in [3.63, 3.8) is 0 Å². The maximum atomic E-state index is 12.1. The first-order valence-corrected chi connectivity index (χ1v) is 8.84. The first-order valence-electron chi connectivity index (χ1n) is 8.84. The lowest BCUT2D eigenvalue weighted by Crippen LogP contribution is -2.51. The highest BCUT2D eigenvalue weighted by molar-refractivity contribution is 5.85. The van der Waals surface area contributed by atoms with Crippen molar-refractivity contribution in [3.05, 3.63) is 54.1 Å². The summed E-state index contributed by atoms with van der Waals surface area (Å²) in [7, 11) is 0. The molecular weight excluding hydrogens is 348 g/mol. The minimum absolute atomic E-state index is 0.0688. The van der Waals surface area contributed by atoms with E-state index in [9.17, 15) is 9.59 Å². The molecule has 7 heteroatoms. The van der Waals surface area contributed by atoms with Gasteiger partial charge in [0.1, 0.15) is 12.4 Å². The number of carbonyl (C=O) groups is 2. The molecule has 1 aliphatic rings. The number of aryl methyl sites for hydroxylation is 1. The van der Waals surface area contributed by atoms with E-state index in [1.165, 1.54) is 5.56 Å². The second kappa shape index (κ2) is 8.93. The van der Waals surface area contributed by atoms with Crippen LogP contribution in [0.2, 0.25) is 0 Å². The van der Waals surface area contributed by atoms with Gasteiger partial charge in [0.15, 0.2) is 18.1 Å². The Balaban J connectivity index is 1.40. The van der Waals surface area contributed by atoms with Crippen molar-refractivity contribution in [2.75, 3.05) is 13.2 Å². The minimum Gasteiger partial charge on any atom is -0.485 e. The van der Waals surface area contributed by atoms with Gasteiger partial charge in [0.25, 0.3) is 11.8 Å². The Morgan fingerprint density at radius 1 is 1.07 bits per heavy atom. The van der Waals surface area contributed by atoms with Crippen molar-refractivity contribution in [2.24, 2.45) is 0 Å². The van der Waals surface area contributed by atoms with Gasteiger partial charge in [-0.2, -0.15) is 0 Å². The average molecular weight is 370 g/mol. The van der Waals surface area contributed by atoms with Gasteiger partial charge in [0.05, 0.1) is 0 Å². The lowest BCUT2D eigenvalue weighted by Gasteiger charge is -2.25. The van der Waals surface area contributed by atoms with E-state index < -0.39 is 17.9 Å². The smallest absolute Gasteiger partial charge is 0.283 e. The number of para-hydroxylation sites is 2. The molecule has 0 saturated heterocycles. The van der Waals surface area contributed by atoms with Crippen LogP contribution in [0.5, 0.6) is 17.2 Å². The summed E-state index contributed by atoms with van der Waals surface area (Å²) < 4.78 is 16.4. The highest BCUT2D eigenvalue weighted by atomic mass is 16.6. The molecule has 0 unspecified atom stereocenters. The number of benzene rings is 2. The second-order valence-electron chi connectivity index (χ2n) is 6.08. The first-order chi connectivity index (χ1) is 13.2. The Bertz CT molecular complexity index is 791.